The molecule has 0 aromatic rings. The lowest BCUT2D eigenvalue weighted by atomic mass is 9.97. The highest BCUT2D eigenvalue weighted by Gasteiger charge is 2.07. The predicted molar refractivity (Wildman–Crippen MR) is 87.5 cm³/mol. The van der Waals surface area contributed by atoms with Crippen LogP contribution in [0.25, 0.3) is 0 Å². The predicted octanol–water partition coefficient (Wildman–Crippen LogP) is 4.48. The molecule has 2 nitrogen and oxygen atoms in total. The second-order valence-corrected chi connectivity index (χ2v) is 7.06. The van der Waals surface area contributed by atoms with E-state index in [4.69, 9.17) is 5.73 Å². The molecule has 0 saturated heterocycles. The average molecular weight is 271 g/mol. The molecule has 0 aromatic carbocycles. The van der Waals surface area contributed by atoms with Gasteiger partial charge in [-0.3, -0.25) is 0 Å². The Morgan fingerprint density at radius 3 is 1.53 bits per heavy atom. The van der Waals surface area contributed by atoms with Crippen LogP contribution in [0.3, 0.4) is 0 Å². The number of rotatable bonds is 13. The molecule has 0 spiro atoms. The molecule has 0 aliphatic heterocycles. The van der Waals surface area contributed by atoms with Gasteiger partial charge in [-0.15, -0.1) is 0 Å². The van der Waals surface area contributed by atoms with E-state index in [0.717, 1.165) is 13.1 Å². The lowest BCUT2D eigenvalue weighted by Gasteiger charge is -2.18. The Bertz CT molecular complexity index is 173. The topological polar surface area (TPSA) is 38.0 Å². The highest BCUT2D eigenvalue weighted by molar-refractivity contribution is 4.64. The van der Waals surface area contributed by atoms with Crippen molar-refractivity contribution in [3.63, 3.8) is 0 Å². The first-order chi connectivity index (χ1) is 9.06. The SMILES string of the molecule is CC(C)(C)CNCCCCCCCCCCCCN. The normalized spacial score (nSPS) is 12.0. The van der Waals surface area contributed by atoms with Gasteiger partial charge in [-0.1, -0.05) is 72.1 Å². The number of hydrogen-bond donors (Lipinski definition) is 2. The van der Waals surface area contributed by atoms with Gasteiger partial charge in [0, 0.05) is 0 Å². The number of nitrogens with two attached hydrogens (primary N) is 1. The molecular formula is C17H38N2. The van der Waals surface area contributed by atoms with Crippen molar-refractivity contribution in [3.8, 4) is 0 Å². The quantitative estimate of drug-likeness (QED) is 0.484. The molecule has 0 unspecified atom stereocenters. The second-order valence-electron chi connectivity index (χ2n) is 7.06. The van der Waals surface area contributed by atoms with Gasteiger partial charge in [0.05, 0.1) is 0 Å². The molecule has 2 heteroatoms. The molecule has 0 heterocycles. The zero-order valence-electron chi connectivity index (χ0n) is 13.8. The summed E-state index contributed by atoms with van der Waals surface area (Å²) in [6, 6.07) is 0. The number of unbranched alkanes of at least 4 members (excludes halogenated alkanes) is 9. The maximum atomic E-state index is 5.48. The van der Waals surface area contributed by atoms with E-state index in [0.29, 0.717) is 5.41 Å². The van der Waals surface area contributed by atoms with Crippen molar-refractivity contribution in [2.24, 2.45) is 11.1 Å². The molecule has 0 rings (SSSR count). The smallest absolute Gasteiger partial charge is 0.0000126 e. The van der Waals surface area contributed by atoms with Crippen LogP contribution in [0.15, 0.2) is 0 Å². The average Bonchev–Trinajstić information content (AvgIpc) is 2.34. The maximum absolute atomic E-state index is 5.48. The summed E-state index contributed by atoms with van der Waals surface area (Å²) in [4.78, 5) is 0. The van der Waals surface area contributed by atoms with Crippen LogP contribution in [-0.2, 0) is 0 Å². The lowest BCUT2D eigenvalue weighted by Crippen LogP contribution is -2.27. The lowest BCUT2D eigenvalue weighted by molar-refractivity contribution is 0.377. The molecule has 0 atom stereocenters. The summed E-state index contributed by atoms with van der Waals surface area (Å²) in [5, 5.41) is 3.55. The largest absolute Gasteiger partial charge is 0.330 e. The summed E-state index contributed by atoms with van der Waals surface area (Å²) in [5.41, 5.74) is 5.90. The van der Waals surface area contributed by atoms with Crippen LogP contribution < -0.4 is 11.1 Å². The van der Waals surface area contributed by atoms with Gasteiger partial charge in [0.1, 0.15) is 0 Å². The molecule has 0 radical (unpaired) electrons. The minimum absolute atomic E-state index is 0.421. The van der Waals surface area contributed by atoms with E-state index in [-0.39, 0.29) is 0 Å². The third kappa shape index (κ3) is 17.9. The number of hydrogen-bond acceptors (Lipinski definition) is 2. The molecule has 0 aliphatic carbocycles. The van der Waals surface area contributed by atoms with Crippen LogP contribution in [0, 0.1) is 5.41 Å². The molecule has 0 aliphatic rings. The van der Waals surface area contributed by atoms with E-state index in [9.17, 15) is 0 Å². The van der Waals surface area contributed by atoms with E-state index < -0.39 is 0 Å². The molecule has 0 amide bonds. The van der Waals surface area contributed by atoms with E-state index in [1.807, 2.05) is 0 Å². The first-order valence-electron chi connectivity index (χ1n) is 8.47. The highest BCUT2D eigenvalue weighted by Crippen LogP contribution is 2.11. The minimum atomic E-state index is 0.421. The van der Waals surface area contributed by atoms with E-state index in [1.165, 1.54) is 70.8 Å². The van der Waals surface area contributed by atoms with Crippen molar-refractivity contribution in [2.75, 3.05) is 19.6 Å². The summed E-state index contributed by atoms with van der Waals surface area (Å²) in [7, 11) is 0. The molecule has 116 valence electrons. The Kier molecular flexibility index (Phi) is 12.9. The van der Waals surface area contributed by atoms with Crippen LogP contribution in [0.1, 0.15) is 85.0 Å². The molecule has 0 aromatic heterocycles. The molecule has 3 N–H and O–H groups in total. The fraction of sp³-hybridized carbons (Fsp3) is 1.00. The van der Waals surface area contributed by atoms with Crippen LogP contribution in [0.2, 0.25) is 0 Å². The minimum Gasteiger partial charge on any atom is -0.330 e. The summed E-state index contributed by atoms with van der Waals surface area (Å²) >= 11 is 0. The van der Waals surface area contributed by atoms with Crippen molar-refractivity contribution < 1.29 is 0 Å². The van der Waals surface area contributed by atoms with Crippen LogP contribution >= 0.6 is 0 Å². The van der Waals surface area contributed by atoms with Crippen LogP contribution in [-0.4, -0.2) is 19.6 Å². The van der Waals surface area contributed by atoms with Gasteiger partial charge >= 0.3 is 0 Å². The molecule has 0 bridgehead atoms. The van der Waals surface area contributed by atoms with E-state index in [2.05, 4.69) is 26.1 Å². The zero-order valence-corrected chi connectivity index (χ0v) is 13.8. The van der Waals surface area contributed by atoms with Gasteiger partial charge in [-0.2, -0.15) is 0 Å². The fourth-order valence-electron chi connectivity index (χ4n) is 2.27. The Hall–Kier alpha value is -0.0800. The van der Waals surface area contributed by atoms with Crippen molar-refractivity contribution in [1.82, 2.24) is 5.32 Å². The molecule has 0 saturated carbocycles. The summed E-state index contributed by atoms with van der Waals surface area (Å²) in [6.07, 6.45) is 13.8. The van der Waals surface area contributed by atoms with Crippen molar-refractivity contribution in [1.29, 1.82) is 0 Å². The van der Waals surface area contributed by atoms with Crippen molar-refractivity contribution in [3.05, 3.63) is 0 Å². The summed E-state index contributed by atoms with van der Waals surface area (Å²) in [6.45, 7) is 10.0. The summed E-state index contributed by atoms with van der Waals surface area (Å²) < 4.78 is 0. The Balaban J connectivity index is 2.99. The Morgan fingerprint density at radius 1 is 0.684 bits per heavy atom. The monoisotopic (exact) mass is 270 g/mol. The van der Waals surface area contributed by atoms with E-state index in [1.54, 1.807) is 0 Å². The van der Waals surface area contributed by atoms with Crippen LogP contribution in [0.4, 0.5) is 0 Å². The maximum Gasteiger partial charge on any atom is -0.0000126 e. The highest BCUT2D eigenvalue weighted by atomic mass is 14.9. The molecule has 0 fully saturated rings. The van der Waals surface area contributed by atoms with Gasteiger partial charge < -0.3 is 11.1 Å². The van der Waals surface area contributed by atoms with Crippen LogP contribution in [0.5, 0.6) is 0 Å². The van der Waals surface area contributed by atoms with Crippen molar-refractivity contribution >= 4 is 0 Å². The zero-order chi connectivity index (χ0) is 14.4. The molecule has 19 heavy (non-hydrogen) atoms. The Morgan fingerprint density at radius 2 is 1.11 bits per heavy atom. The Labute approximate surface area is 121 Å². The van der Waals surface area contributed by atoms with Gasteiger partial charge in [-0.05, 0) is 37.9 Å². The van der Waals surface area contributed by atoms with Gasteiger partial charge in [0.25, 0.3) is 0 Å². The summed E-state index contributed by atoms with van der Waals surface area (Å²) in [5.74, 6) is 0. The first kappa shape index (κ1) is 18.9. The van der Waals surface area contributed by atoms with Gasteiger partial charge in [0.15, 0.2) is 0 Å². The van der Waals surface area contributed by atoms with Gasteiger partial charge in [-0.25, -0.2) is 0 Å². The number of nitrogens with one attached hydrogen (secondary N) is 1. The third-order valence-electron chi connectivity index (χ3n) is 3.46. The van der Waals surface area contributed by atoms with E-state index >= 15 is 0 Å². The van der Waals surface area contributed by atoms with Gasteiger partial charge in [0.2, 0.25) is 0 Å². The standard InChI is InChI=1S/C17H38N2/c1-17(2,3)16-19-15-13-11-9-7-5-4-6-8-10-12-14-18/h19H,4-16,18H2,1-3H3. The molecular weight excluding hydrogens is 232 g/mol. The second kappa shape index (κ2) is 12.9. The first-order valence-corrected chi connectivity index (χ1v) is 8.47. The fourth-order valence-corrected chi connectivity index (χ4v) is 2.27. The van der Waals surface area contributed by atoms with Crippen molar-refractivity contribution in [2.45, 2.75) is 85.0 Å². The third-order valence-corrected chi connectivity index (χ3v) is 3.46.